The monoisotopic (exact) mass is 407 g/mol. The van der Waals surface area contributed by atoms with Crippen LogP contribution >= 0.6 is 0 Å². The average Bonchev–Trinajstić information content (AvgIpc) is 3.44. The number of ether oxygens (including phenoxy) is 1. The first kappa shape index (κ1) is 18.5. The minimum Gasteiger partial charge on any atom is -0.472 e. The van der Waals surface area contributed by atoms with Gasteiger partial charge in [-0.2, -0.15) is 0 Å². The molecule has 1 saturated heterocycles. The van der Waals surface area contributed by atoms with Crippen molar-refractivity contribution in [2.45, 2.75) is 32.3 Å². The molecule has 5 rings (SSSR count). The normalized spacial score (nSPS) is 17.8. The first-order chi connectivity index (χ1) is 14.6. The van der Waals surface area contributed by atoms with E-state index in [1.807, 2.05) is 24.3 Å². The lowest BCUT2D eigenvalue weighted by molar-refractivity contribution is -0.119. The number of fused-ring (bicyclic) bond motifs is 3. The van der Waals surface area contributed by atoms with Crippen LogP contribution < -0.4 is 10.2 Å². The SMILES string of the molecule is CC(=O)NCC1CN(c2ccc3c(c2)CCCc2c(-c4ccoc4)noc2-3)C(=O)O1. The third kappa shape index (κ3) is 3.24. The van der Waals surface area contributed by atoms with E-state index in [0.717, 1.165) is 58.7 Å². The number of furan rings is 1. The second-order valence-corrected chi connectivity index (χ2v) is 7.60. The topological polar surface area (TPSA) is 97.8 Å². The molecule has 2 amide bonds. The van der Waals surface area contributed by atoms with E-state index in [2.05, 4.69) is 10.5 Å². The molecule has 0 saturated carbocycles. The Morgan fingerprint density at radius 1 is 1.30 bits per heavy atom. The van der Waals surface area contributed by atoms with Crippen LogP contribution in [0.1, 0.15) is 24.5 Å². The summed E-state index contributed by atoms with van der Waals surface area (Å²) < 4.78 is 16.3. The number of hydrogen-bond donors (Lipinski definition) is 1. The van der Waals surface area contributed by atoms with Crippen LogP contribution in [0, 0.1) is 0 Å². The predicted molar refractivity (Wildman–Crippen MR) is 108 cm³/mol. The Kier molecular flexibility index (Phi) is 4.54. The molecule has 3 aromatic rings. The van der Waals surface area contributed by atoms with Gasteiger partial charge >= 0.3 is 6.09 Å². The molecule has 30 heavy (non-hydrogen) atoms. The van der Waals surface area contributed by atoms with E-state index >= 15 is 0 Å². The second-order valence-electron chi connectivity index (χ2n) is 7.60. The summed E-state index contributed by atoms with van der Waals surface area (Å²) in [6.45, 7) is 2.15. The fourth-order valence-corrected chi connectivity index (χ4v) is 4.11. The first-order valence-corrected chi connectivity index (χ1v) is 9.97. The third-order valence-electron chi connectivity index (χ3n) is 5.55. The number of benzene rings is 1. The summed E-state index contributed by atoms with van der Waals surface area (Å²) in [4.78, 5) is 25.1. The largest absolute Gasteiger partial charge is 0.472 e. The van der Waals surface area contributed by atoms with Gasteiger partial charge in [0.2, 0.25) is 5.91 Å². The molecule has 1 aliphatic heterocycles. The lowest BCUT2D eigenvalue weighted by Crippen LogP contribution is -2.33. The van der Waals surface area contributed by atoms with Gasteiger partial charge in [0, 0.05) is 29.3 Å². The van der Waals surface area contributed by atoms with Crippen molar-refractivity contribution in [3.8, 4) is 22.6 Å². The number of amides is 2. The van der Waals surface area contributed by atoms with Crippen LogP contribution in [0.5, 0.6) is 0 Å². The lowest BCUT2D eigenvalue weighted by atomic mass is 10.0. The number of nitrogens with one attached hydrogen (secondary N) is 1. The zero-order chi connectivity index (χ0) is 20.7. The summed E-state index contributed by atoms with van der Waals surface area (Å²) in [7, 11) is 0. The Morgan fingerprint density at radius 2 is 2.20 bits per heavy atom. The molecule has 2 aromatic heterocycles. The highest BCUT2D eigenvalue weighted by Crippen LogP contribution is 2.39. The van der Waals surface area contributed by atoms with Crippen molar-refractivity contribution in [1.29, 1.82) is 0 Å². The first-order valence-electron chi connectivity index (χ1n) is 9.97. The summed E-state index contributed by atoms with van der Waals surface area (Å²) in [6, 6.07) is 7.78. The Balaban J connectivity index is 1.43. The number of nitrogens with zero attached hydrogens (tertiary/aromatic N) is 2. The van der Waals surface area contributed by atoms with Gasteiger partial charge in [0.05, 0.1) is 25.6 Å². The van der Waals surface area contributed by atoms with Gasteiger partial charge in [-0.05, 0) is 49.1 Å². The van der Waals surface area contributed by atoms with Crippen molar-refractivity contribution in [2.24, 2.45) is 0 Å². The average molecular weight is 407 g/mol. The van der Waals surface area contributed by atoms with Crippen LogP contribution in [-0.2, 0) is 22.4 Å². The molecule has 3 heterocycles. The fourth-order valence-electron chi connectivity index (χ4n) is 4.11. The Hall–Kier alpha value is -3.55. The van der Waals surface area contributed by atoms with Gasteiger partial charge in [-0.1, -0.05) is 5.16 Å². The quantitative estimate of drug-likeness (QED) is 0.710. The van der Waals surface area contributed by atoms with Gasteiger partial charge in [0.1, 0.15) is 11.8 Å². The van der Waals surface area contributed by atoms with Crippen molar-refractivity contribution in [3.63, 3.8) is 0 Å². The molecule has 8 heteroatoms. The van der Waals surface area contributed by atoms with Crippen molar-refractivity contribution in [2.75, 3.05) is 18.0 Å². The highest BCUT2D eigenvalue weighted by molar-refractivity contribution is 5.90. The fraction of sp³-hybridized carbons (Fsp3) is 0.318. The molecule has 0 spiro atoms. The number of aromatic nitrogens is 1. The molecule has 1 aliphatic carbocycles. The second kappa shape index (κ2) is 7.37. The molecule has 1 fully saturated rings. The summed E-state index contributed by atoms with van der Waals surface area (Å²) >= 11 is 0. The van der Waals surface area contributed by atoms with E-state index in [1.165, 1.54) is 6.92 Å². The van der Waals surface area contributed by atoms with E-state index in [0.29, 0.717) is 13.1 Å². The molecule has 8 nitrogen and oxygen atoms in total. The molecule has 1 atom stereocenters. The van der Waals surface area contributed by atoms with Gasteiger partial charge in [-0.15, -0.1) is 0 Å². The lowest BCUT2D eigenvalue weighted by Gasteiger charge is -2.15. The molecule has 1 N–H and O–H groups in total. The van der Waals surface area contributed by atoms with Gasteiger partial charge in [-0.25, -0.2) is 4.79 Å². The highest BCUT2D eigenvalue weighted by Gasteiger charge is 2.33. The number of anilines is 1. The summed E-state index contributed by atoms with van der Waals surface area (Å²) in [5, 5.41) is 6.98. The van der Waals surface area contributed by atoms with E-state index in [1.54, 1.807) is 17.4 Å². The number of hydrogen-bond acceptors (Lipinski definition) is 6. The Labute approximate surface area is 172 Å². The van der Waals surface area contributed by atoms with Crippen molar-refractivity contribution in [1.82, 2.24) is 10.5 Å². The molecule has 1 unspecified atom stereocenters. The maximum Gasteiger partial charge on any atom is 0.414 e. The smallest absolute Gasteiger partial charge is 0.414 e. The maximum atomic E-state index is 12.4. The molecule has 0 radical (unpaired) electrons. The Bertz CT molecular complexity index is 1100. The van der Waals surface area contributed by atoms with Crippen molar-refractivity contribution >= 4 is 17.7 Å². The van der Waals surface area contributed by atoms with Gasteiger partial charge in [0.15, 0.2) is 5.76 Å². The summed E-state index contributed by atoms with van der Waals surface area (Å²) in [5.74, 6) is 0.630. The van der Waals surface area contributed by atoms with E-state index in [9.17, 15) is 9.59 Å². The van der Waals surface area contributed by atoms with Crippen LogP contribution in [0.3, 0.4) is 0 Å². The predicted octanol–water partition coefficient (Wildman–Crippen LogP) is 3.55. The van der Waals surface area contributed by atoms with Crippen molar-refractivity contribution in [3.05, 3.63) is 47.9 Å². The molecule has 0 bridgehead atoms. The molecular formula is C22H21N3O5. The third-order valence-corrected chi connectivity index (χ3v) is 5.55. The molecule has 2 aliphatic rings. The van der Waals surface area contributed by atoms with Crippen LogP contribution in [0.4, 0.5) is 10.5 Å². The zero-order valence-electron chi connectivity index (χ0n) is 16.5. The molecule has 1 aromatic carbocycles. The molecule has 154 valence electrons. The van der Waals surface area contributed by atoms with E-state index < -0.39 is 6.09 Å². The van der Waals surface area contributed by atoms with Crippen LogP contribution in [0.25, 0.3) is 22.6 Å². The van der Waals surface area contributed by atoms with Crippen molar-refractivity contribution < 1.29 is 23.3 Å². The number of rotatable bonds is 4. The molecular weight excluding hydrogens is 386 g/mol. The van der Waals surface area contributed by atoms with Crippen LogP contribution in [0.15, 0.2) is 45.7 Å². The Morgan fingerprint density at radius 3 is 3.00 bits per heavy atom. The van der Waals surface area contributed by atoms with Gasteiger partial charge in [0.25, 0.3) is 0 Å². The number of carbonyl (C=O) groups excluding carboxylic acids is 2. The maximum absolute atomic E-state index is 12.4. The standard InChI is InChI=1S/C22H21N3O5/c1-13(26)23-10-17-11-25(22(27)29-17)16-5-6-18-14(9-16)3-2-4-19-20(24-30-21(18)19)15-7-8-28-12-15/h5-9,12,17H,2-4,10-11H2,1H3,(H,23,26). The van der Waals surface area contributed by atoms with E-state index in [4.69, 9.17) is 13.7 Å². The zero-order valence-corrected chi connectivity index (χ0v) is 16.5. The number of aryl methyl sites for hydroxylation is 1. The van der Waals surface area contributed by atoms with Crippen LogP contribution in [0.2, 0.25) is 0 Å². The summed E-state index contributed by atoms with van der Waals surface area (Å²) in [6.07, 6.45) is 5.21. The number of cyclic esters (lactones) is 1. The minimum absolute atomic E-state index is 0.146. The highest BCUT2D eigenvalue weighted by atomic mass is 16.6. The van der Waals surface area contributed by atoms with E-state index in [-0.39, 0.29) is 12.0 Å². The van der Waals surface area contributed by atoms with Crippen LogP contribution in [-0.4, -0.2) is 36.4 Å². The number of carbonyl (C=O) groups is 2. The van der Waals surface area contributed by atoms with Gasteiger partial charge in [-0.3, -0.25) is 9.69 Å². The van der Waals surface area contributed by atoms with Gasteiger partial charge < -0.3 is 19.0 Å². The summed E-state index contributed by atoms with van der Waals surface area (Å²) in [5.41, 5.74) is 5.70. The minimum atomic E-state index is -0.401.